The lowest BCUT2D eigenvalue weighted by molar-refractivity contribution is -0.149. The molecule has 2 fully saturated rings. The zero-order valence-electron chi connectivity index (χ0n) is 17.8. The average molecular weight is 434 g/mol. The number of carbonyl (C=O) groups is 3. The molecule has 0 aromatic heterocycles. The van der Waals surface area contributed by atoms with Crippen molar-refractivity contribution in [2.24, 2.45) is 0 Å². The molecule has 2 atom stereocenters. The number of amides is 2. The van der Waals surface area contributed by atoms with Gasteiger partial charge in [0.25, 0.3) is 0 Å². The fourth-order valence-corrected chi connectivity index (χ4v) is 5.30. The van der Waals surface area contributed by atoms with E-state index in [0.29, 0.717) is 38.8 Å². The van der Waals surface area contributed by atoms with Crippen LogP contribution in [0.15, 0.2) is 42.5 Å². The van der Waals surface area contributed by atoms with Crippen LogP contribution in [-0.4, -0.2) is 58.0 Å². The van der Waals surface area contributed by atoms with Crippen molar-refractivity contribution in [1.29, 1.82) is 0 Å². The molecule has 32 heavy (non-hydrogen) atoms. The number of rotatable bonds is 4. The van der Waals surface area contributed by atoms with Gasteiger partial charge in [-0.2, -0.15) is 0 Å². The summed E-state index contributed by atoms with van der Waals surface area (Å²) < 4.78 is 5.65. The predicted molar refractivity (Wildman–Crippen MR) is 117 cm³/mol. The Hall–Kier alpha value is -3.35. The molecule has 0 unspecified atom stereocenters. The lowest BCUT2D eigenvalue weighted by Crippen LogP contribution is -2.51. The molecule has 2 heterocycles. The Labute approximate surface area is 186 Å². The van der Waals surface area contributed by atoms with Gasteiger partial charge in [-0.25, -0.2) is 9.59 Å². The Morgan fingerprint density at radius 3 is 2.44 bits per heavy atom. The van der Waals surface area contributed by atoms with E-state index in [2.05, 4.69) is 18.2 Å². The third kappa shape index (κ3) is 3.51. The summed E-state index contributed by atoms with van der Waals surface area (Å²) in [4.78, 5) is 40.3. The van der Waals surface area contributed by atoms with Crippen LogP contribution < -0.4 is 0 Å². The second kappa shape index (κ2) is 8.30. The van der Waals surface area contributed by atoms with Gasteiger partial charge in [0, 0.05) is 13.1 Å². The van der Waals surface area contributed by atoms with E-state index in [4.69, 9.17) is 4.74 Å². The average Bonchev–Trinajstić information content (AvgIpc) is 3.55. The maximum absolute atomic E-state index is 13.0. The Morgan fingerprint density at radius 1 is 0.906 bits per heavy atom. The first-order valence-electron chi connectivity index (χ1n) is 11.2. The van der Waals surface area contributed by atoms with Crippen LogP contribution in [-0.2, 0) is 27.4 Å². The summed E-state index contributed by atoms with van der Waals surface area (Å²) in [7, 11) is 0. The van der Waals surface area contributed by atoms with Crippen molar-refractivity contribution in [1.82, 2.24) is 9.80 Å². The molecule has 0 saturated carbocycles. The molecule has 0 bridgehead atoms. The first kappa shape index (κ1) is 20.5. The molecule has 2 aliphatic heterocycles. The zero-order valence-corrected chi connectivity index (χ0v) is 17.8. The van der Waals surface area contributed by atoms with Crippen molar-refractivity contribution >= 4 is 18.0 Å². The third-order valence-electron chi connectivity index (χ3n) is 6.89. The number of aliphatic carboxylic acids is 1. The molecule has 2 amide bonds. The Morgan fingerprint density at radius 2 is 1.62 bits per heavy atom. The lowest BCUT2D eigenvalue weighted by atomic mass is 10.0. The van der Waals surface area contributed by atoms with Crippen LogP contribution in [0.5, 0.6) is 0 Å². The highest BCUT2D eigenvalue weighted by atomic mass is 16.6. The van der Waals surface area contributed by atoms with Crippen LogP contribution in [0, 0.1) is 0 Å². The largest absolute Gasteiger partial charge is 0.480 e. The molecule has 7 heteroatoms. The number of hydrogen-bond donors (Lipinski definition) is 1. The quantitative estimate of drug-likeness (QED) is 0.680. The molecule has 5 rings (SSSR count). The highest BCUT2D eigenvalue weighted by Crippen LogP contribution is 2.38. The summed E-state index contributed by atoms with van der Waals surface area (Å²) in [6.07, 6.45) is 2.66. The van der Waals surface area contributed by atoms with Crippen LogP contribution >= 0.6 is 0 Å². The number of nitrogens with zero attached hydrogens (tertiary/aromatic N) is 2. The van der Waals surface area contributed by atoms with E-state index in [1.807, 2.05) is 24.3 Å². The maximum atomic E-state index is 13.0. The van der Waals surface area contributed by atoms with Crippen molar-refractivity contribution in [2.75, 3.05) is 13.1 Å². The van der Waals surface area contributed by atoms with Crippen LogP contribution in [0.3, 0.4) is 0 Å². The molecule has 2 aromatic carbocycles. The van der Waals surface area contributed by atoms with Gasteiger partial charge in [-0.15, -0.1) is 0 Å². The normalized spacial score (nSPS) is 21.4. The minimum absolute atomic E-state index is 0.148. The zero-order chi connectivity index (χ0) is 22.2. The number of fused-ring (bicyclic) bond motifs is 3. The topological polar surface area (TPSA) is 87.2 Å². The highest BCUT2D eigenvalue weighted by Gasteiger charge is 2.42. The monoisotopic (exact) mass is 434 g/mol. The minimum atomic E-state index is -0.984. The van der Waals surface area contributed by atoms with Crippen molar-refractivity contribution in [3.05, 3.63) is 59.2 Å². The number of benzene rings is 2. The molecular formula is C25H26N2O5. The summed E-state index contributed by atoms with van der Waals surface area (Å²) in [6, 6.07) is 12.9. The van der Waals surface area contributed by atoms with Crippen molar-refractivity contribution in [3.63, 3.8) is 0 Å². The van der Waals surface area contributed by atoms with Gasteiger partial charge in [0.15, 0.2) is 0 Å². The standard InChI is InChI=1S/C25H26N2O5/c28-23(26-12-5-11-22(26)24(29)30)21-10-4-13-27(21)25(31)32-15-17-7-3-9-19-18-8-2-1-6-16(18)14-20(17)19/h1-3,6-9,21-22H,4-5,10-15H2,(H,29,30)/t21-,22-/m0/s1. The molecule has 3 aliphatic rings. The van der Waals surface area contributed by atoms with Crippen LogP contribution in [0.4, 0.5) is 4.79 Å². The molecule has 166 valence electrons. The number of ether oxygens (including phenoxy) is 1. The van der Waals surface area contributed by atoms with Gasteiger partial charge in [-0.3, -0.25) is 9.69 Å². The minimum Gasteiger partial charge on any atom is -0.480 e. The van der Waals surface area contributed by atoms with Crippen LogP contribution in [0.2, 0.25) is 0 Å². The fraction of sp³-hybridized carbons (Fsp3) is 0.400. The summed E-state index contributed by atoms with van der Waals surface area (Å²) in [6.45, 7) is 1.01. The molecule has 2 aromatic rings. The molecule has 1 N–H and O–H groups in total. The smallest absolute Gasteiger partial charge is 0.410 e. The summed E-state index contributed by atoms with van der Waals surface area (Å²) in [5.74, 6) is -1.26. The molecule has 2 saturated heterocycles. The predicted octanol–water partition coefficient (Wildman–Crippen LogP) is 3.43. The maximum Gasteiger partial charge on any atom is 0.410 e. The molecular weight excluding hydrogens is 408 g/mol. The summed E-state index contributed by atoms with van der Waals surface area (Å²) >= 11 is 0. The second-order valence-electron chi connectivity index (χ2n) is 8.71. The fourth-order valence-electron chi connectivity index (χ4n) is 5.30. The Kier molecular flexibility index (Phi) is 5.33. The molecule has 7 nitrogen and oxygen atoms in total. The molecule has 0 spiro atoms. The number of likely N-dealkylation sites (tertiary alicyclic amines) is 2. The van der Waals surface area contributed by atoms with E-state index in [9.17, 15) is 19.5 Å². The molecule has 0 radical (unpaired) electrons. The summed E-state index contributed by atoms with van der Waals surface area (Å²) in [5.41, 5.74) is 5.82. The van der Waals surface area contributed by atoms with E-state index in [1.54, 1.807) is 0 Å². The SMILES string of the molecule is O=C(O)[C@@H]1CCCN1C(=O)[C@@H]1CCCN1C(=O)OCc1cccc2c1Cc1ccccc1-2. The van der Waals surface area contributed by atoms with E-state index < -0.39 is 24.1 Å². The van der Waals surface area contributed by atoms with Gasteiger partial charge >= 0.3 is 12.1 Å². The van der Waals surface area contributed by atoms with Crippen molar-refractivity contribution in [3.8, 4) is 11.1 Å². The summed E-state index contributed by atoms with van der Waals surface area (Å²) in [5, 5.41) is 9.40. The van der Waals surface area contributed by atoms with Gasteiger partial charge in [0.2, 0.25) is 5.91 Å². The van der Waals surface area contributed by atoms with Crippen molar-refractivity contribution in [2.45, 2.75) is 50.8 Å². The van der Waals surface area contributed by atoms with Crippen LogP contribution in [0.25, 0.3) is 11.1 Å². The first-order valence-corrected chi connectivity index (χ1v) is 11.2. The number of hydrogen-bond acceptors (Lipinski definition) is 4. The Bertz CT molecular complexity index is 1080. The second-order valence-corrected chi connectivity index (χ2v) is 8.71. The van der Waals surface area contributed by atoms with Gasteiger partial charge in [-0.05, 0) is 59.9 Å². The van der Waals surface area contributed by atoms with E-state index in [1.165, 1.54) is 32.1 Å². The number of carboxylic acid groups (broad SMARTS) is 1. The lowest BCUT2D eigenvalue weighted by Gasteiger charge is -2.29. The van der Waals surface area contributed by atoms with Crippen LogP contribution in [0.1, 0.15) is 42.4 Å². The van der Waals surface area contributed by atoms with Gasteiger partial charge < -0.3 is 14.7 Å². The van der Waals surface area contributed by atoms with Gasteiger partial charge in [0.1, 0.15) is 18.7 Å². The van der Waals surface area contributed by atoms with E-state index in [-0.39, 0.29) is 12.5 Å². The van der Waals surface area contributed by atoms with Gasteiger partial charge in [0.05, 0.1) is 0 Å². The van der Waals surface area contributed by atoms with E-state index >= 15 is 0 Å². The van der Waals surface area contributed by atoms with Crippen molar-refractivity contribution < 1.29 is 24.2 Å². The Balaban J connectivity index is 1.27. The number of carbonyl (C=O) groups excluding carboxylic acids is 2. The number of carboxylic acids is 1. The van der Waals surface area contributed by atoms with E-state index in [0.717, 1.165) is 12.0 Å². The molecule has 1 aliphatic carbocycles. The highest BCUT2D eigenvalue weighted by molar-refractivity contribution is 5.90. The third-order valence-corrected chi connectivity index (χ3v) is 6.89. The van der Waals surface area contributed by atoms with Gasteiger partial charge in [-0.1, -0.05) is 42.5 Å². The first-order chi connectivity index (χ1) is 15.5.